The minimum absolute atomic E-state index is 0.112. The highest BCUT2D eigenvalue weighted by atomic mass is 16.5. The standard InChI is InChI=1S/C14H19NO2/c16-7-11-13(15-17-14(11)10-5-6-10)12(8-1-2-8)9-3-4-9/h8-10,12,16H,1-7H2. The minimum Gasteiger partial charge on any atom is -0.391 e. The van der Waals surface area contributed by atoms with Crippen molar-refractivity contribution in [3.63, 3.8) is 0 Å². The summed E-state index contributed by atoms with van der Waals surface area (Å²) in [5, 5.41) is 14.0. The summed E-state index contributed by atoms with van der Waals surface area (Å²) in [4.78, 5) is 0. The zero-order chi connectivity index (χ0) is 11.4. The maximum atomic E-state index is 9.62. The maximum Gasteiger partial charge on any atom is 0.145 e. The van der Waals surface area contributed by atoms with Gasteiger partial charge in [-0.05, 0) is 50.4 Å². The molecule has 3 saturated carbocycles. The molecule has 92 valence electrons. The van der Waals surface area contributed by atoms with Crippen LogP contribution >= 0.6 is 0 Å². The van der Waals surface area contributed by atoms with Gasteiger partial charge in [0, 0.05) is 17.4 Å². The number of hydrogen-bond acceptors (Lipinski definition) is 3. The van der Waals surface area contributed by atoms with E-state index in [0.29, 0.717) is 11.8 Å². The summed E-state index contributed by atoms with van der Waals surface area (Å²) in [6.07, 6.45) is 7.79. The molecule has 0 radical (unpaired) electrons. The lowest BCUT2D eigenvalue weighted by Crippen LogP contribution is -2.07. The fraction of sp³-hybridized carbons (Fsp3) is 0.786. The van der Waals surface area contributed by atoms with Crippen molar-refractivity contribution in [1.29, 1.82) is 0 Å². The highest BCUT2D eigenvalue weighted by Crippen LogP contribution is 2.55. The number of aromatic nitrogens is 1. The lowest BCUT2D eigenvalue weighted by molar-refractivity contribution is 0.275. The molecule has 0 aromatic carbocycles. The lowest BCUT2D eigenvalue weighted by Gasteiger charge is -2.13. The van der Waals surface area contributed by atoms with E-state index in [9.17, 15) is 5.11 Å². The summed E-state index contributed by atoms with van der Waals surface area (Å²) in [6, 6.07) is 0. The van der Waals surface area contributed by atoms with Crippen LogP contribution in [0, 0.1) is 11.8 Å². The topological polar surface area (TPSA) is 46.3 Å². The zero-order valence-corrected chi connectivity index (χ0v) is 10.1. The fourth-order valence-corrected chi connectivity index (χ4v) is 3.16. The Bertz CT molecular complexity index is 415. The molecule has 3 heteroatoms. The van der Waals surface area contributed by atoms with Gasteiger partial charge < -0.3 is 9.63 Å². The molecule has 0 atom stereocenters. The summed E-state index contributed by atoms with van der Waals surface area (Å²) in [7, 11) is 0. The van der Waals surface area contributed by atoms with Crippen LogP contribution in [0.2, 0.25) is 0 Å². The summed E-state index contributed by atoms with van der Waals surface area (Å²) in [5.41, 5.74) is 2.15. The minimum atomic E-state index is 0.112. The van der Waals surface area contributed by atoms with Crippen LogP contribution in [0.4, 0.5) is 0 Å². The van der Waals surface area contributed by atoms with Crippen molar-refractivity contribution >= 4 is 0 Å². The van der Waals surface area contributed by atoms with Gasteiger partial charge in [-0.15, -0.1) is 0 Å². The molecule has 1 aromatic rings. The largest absolute Gasteiger partial charge is 0.391 e. The van der Waals surface area contributed by atoms with Gasteiger partial charge in [0.2, 0.25) is 0 Å². The third kappa shape index (κ3) is 1.71. The number of aliphatic hydroxyl groups excluding tert-OH is 1. The lowest BCUT2D eigenvalue weighted by atomic mass is 9.90. The van der Waals surface area contributed by atoms with Crippen molar-refractivity contribution in [2.75, 3.05) is 0 Å². The molecule has 1 heterocycles. The van der Waals surface area contributed by atoms with Gasteiger partial charge in [-0.1, -0.05) is 5.16 Å². The van der Waals surface area contributed by atoms with Crippen LogP contribution < -0.4 is 0 Å². The van der Waals surface area contributed by atoms with Gasteiger partial charge in [-0.2, -0.15) is 0 Å². The van der Waals surface area contributed by atoms with Crippen LogP contribution in [-0.4, -0.2) is 10.3 Å². The third-order valence-corrected chi connectivity index (χ3v) is 4.53. The van der Waals surface area contributed by atoms with E-state index in [4.69, 9.17) is 4.52 Å². The van der Waals surface area contributed by atoms with Gasteiger partial charge in [0.05, 0.1) is 12.3 Å². The van der Waals surface area contributed by atoms with E-state index in [1.54, 1.807) is 0 Å². The van der Waals surface area contributed by atoms with E-state index in [0.717, 1.165) is 28.9 Å². The van der Waals surface area contributed by atoms with Gasteiger partial charge in [0.15, 0.2) is 0 Å². The summed E-state index contributed by atoms with van der Waals surface area (Å²) >= 11 is 0. The summed E-state index contributed by atoms with van der Waals surface area (Å²) < 4.78 is 5.54. The second-order valence-corrected chi connectivity index (χ2v) is 6.04. The van der Waals surface area contributed by atoms with E-state index >= 15 is 0 Å². The van der Waals surface area contributed by atoms with Crippen LogP contribution in [0.3, 0.4) is 0 Å². The molecule has 0 unspecified atom stereocenters. The predicted molar refractivity (Wildman–Crippen MR) is 62.6 cm³/mol. The molecule has 3 nitrogen and oxygen atoms in total. The Hall–Kier alpha value is -0.830. The summed E-state index contributed by atoms with van der Waals surface area (Å²) in [5.74, 6) is 3.79. The number of rotatable bonds is 5. The Balaban J connectivity index is 1.70. The Kier molecular flexibility index (Phi) is 2.13. The maximum absolute atomic E-state index is 9.62. The van der Waals surface area contributed by atoms with Crippen molar-refractivity contribution in [3.8, 4) is 0 Å². The average Bonchev–Trinajstić information content (AvgIpc) is 3.18. The van der Waals surface area contributed by atoms with Crippen LogP contribution in [-0.2, 0) is 6.61 Å². The van der Waals surface area contributed by atoms with Gasteiger partial charge in [-0.3, -0.25) is 0 Å². The number of nitrogens with zero attached hydrogens (tertiary/aromatic N) is 1. The van der Waals surface area contributed by atoms with Crippen molar-refractivity contribution in [3.05, 3.63) is 17.0 Å². The van der Waals surface area contributed by atoms with E-state index in [1.807, 2.05) is 0 Å². The fourth-order valence-electron chi connectivity index (χ4n) is 3.16. The second kappa shape index (κ2) is 3.58. The van der Waals surface area contributed by atoms with Crippen molar-refractivity contribution < 1.29 is 9.63 Å². The first-order valence-electron chi connectivity index (χ1n) is 6.97. The van der Waals surface area contributed by atoms with E-state index < -0.39 is 0 Å². The molecule has 0 saturated heterocycles. The van der Waals surface area contributed by atoms with E-state index in [1.165, 1.54) is 38.5 Å². The Labute approximate surface area is 101 Å². The molecule has 3 aliphatic rings. The predicted octanol–water partition coefficient (Wildman–Crippen LogP) is 2.95. The molecule has 3 aliphatic carbocycles. The van der Waals surface area contributed by atoms with Crippen LogP contribution in [0.5, 0.6) is 0 Å². The van der Waals surface area contributed by atoms with E-state index in [-0.39, 0.29) is 6.61 Å². The molecule has 4 rings (SSSR count). The summed E-state index contributed by atoms with van der Waals surface area (Å²) in [6.45, 7) is 0.112. The second-order valence-electron chi connectivity index (χ2n) is 6.04. The number of aliphatic hydroxyl groups is 1. The Morgan fingerprint density at radius 3 is 2.24 bits per heavy atom. The van der Waals surface area contributed by atoms with Gasteiger partial charge in [0.25, 0.3) is 0 Å². The van der Waals surface area contributed by atoms with Crippen LogP contribution in [0.25, 0.3) is 0 Å². The Morgan fingerprint density at radius 1 is 1.12 bits per heavy atom. The van der Waals surface area contributed by atoms with Crippen LogP contribution in [0.1, 0.15) is 67.4 Å². The zero-order valence-electron chi connectivity index (χ0n) is 10.1. The molecule has 0 spiro atoms. The average molecular weight is 233 g/mol. The van der Waals surface area contributed by atoms with Crippen molar-refractivity contribution in [2.45, 2.75) is 57.0 Å². The highest BCUT2D eigenvalue weighted by molar-refractivity contribution is 5.32. The van der Waals surface area contributed by atoms with Gasteiger partial charge >= 0.3 is 0 Å². The molecular weight excluding hydrogens is 214 g/mol. The highest BCUT2D eigenvalue weighted by Gasteiger charge is 2.46. The smallest absolute Gasteiger partial charge is 0.145 e. The number of hydrogen-bond donors (Lipinski definition) is 1. The first-order chi connectivity index (χ1) is 8.38. The van der Waals surface area contributed by atoms with Crippen LogP contribution in [0.15, 0.2) is 4.52 Å². The van der Waals surface area contributed by atoms with Gasteiger partial charge in [-0.25, -0.2) is 0 Å². The SMILES string of the molecule is OCc1c(C(C2CC2)C2CC2)noc1C1CC1. The monoisotopic (exact) mass is 233 g/mol. The quantitative estimate of drug-likeness (QED) is 0.850. The van der Waals surface area contributed by atoms with Crippen molar-refractivity contribution in [1.82, 2.24) is 5.16 Å². The first-order valence-corrected chi connectivity index (χ1v) is 6.97. The third-order valence-electron chi connectivity index (χ3n) is 4.53. The first kappa shape index (κ1) is 10.1. The molecule has 1 aromatic heterocycles. The molecule has 3 fully saturated rings. The molecule has 0 bridgehead atoms. The molecule has 0 aliphatic heterocycles. The van der Waals surface area contributed by atoms with E-state index in [2.05, 4.69) is 5.16 Å². The normalized spacial score (nSPS) is 24.6. The molecule has 1 N–H and O–H groups in total. The molecular formula is C14H19NO2. The van der Waals surface area contributed by atoms with Gasteiger partial charge in [0.1, 0.15) is 5.76 Å². The Morgan fingerprint density at radius 2 is 1.76 bits per heavy atom. The molecule has 17 heavy (non-hydrogen) atoms. The molecule has 0 amide bonds. The van der Waals surface area contributed by atoms with Crippen molar-refractivity contribution in [2.24, 2.45) is 11.8 Å².